The predicted octanol–water partition coefficient (Wildman–Crippen LogP) is 1.55. The molecule has 1 N–H and O–H groups in total. The van der Waals surface area contributed by atoms with Crippen LogP contribution < -0.4 is 5.32 Å². The molecule has 1 fully saturated rings. The van der Waals surface area contributed by atoms with Crippen LogP contribution in [0.3, 0.4) is 0 Å². The van der Waals surface area contributed by atoms with Gasteiger partial charge in [0.05, 0.1) is 17.9 Å². The molecule has 1 aliphatic heterocycles. The first kappa shape index (κ1) is 12.9. The summed E-state index contributed by atoms with van der Waals surface area (Å²) in [5, 5.41) is 5.41. The smallest absolute Gasteiger partial charge is 0.182 e. The molecule has 2 aromatic rings. The molecule has 4 nitrogen and oxygen atoms in total. The van der Waals surface area contributed by atoms with E-state index in [2.05, 4.69) is 14.6 Å². The molecular weight excluding hydrogens is 258 g/mol. The van der Waals surface area contributed by atoms with Gasteiger partial charge in [-0.25, -0.2) is 0 Å². The van der Waals surface area contributed by atoms with Gasteiger partial charge < -0.3 is 9.87 Å². The average Bonchev–Trinajstić information content (AvgIpc) is 2.75. The van der Waals surface area contributed by atoms with E-state index in [1.165, 1.54) is 0 Å². The van der Waals surface area contributed by atoms with Crippen molar-refractivity contribution < 1.29 is 4.55 Å². The molecule has 2 heterocycles. The highest BCUT2D eigenvalue weighted by Crippen LogP contribution is 2.25. The molecule has 3 rings (SSSR count). The fourth-order valence-corrected chi connectivity index (χ4v) is 3.77. The van der Waals surface area contributed by atoms with E-state index in [9.17, 15) is 4.55 Å². The molecule has 1 unspecified atom stereocenters. The van der Waals surface area contributed by atoms with Crippen LogP contribution in [0.5, 0.6) is 0 Å². The van der Waals surface area contributed by atoms with Gasteiger partial charge in [0.1, 0.15) is 0 Å². The maximum Gasteiger partial charge on any atom is 0.182 e. The standard InChI is InChI=1S/C14H17N3OS/c18-19(17-9-2-6-15-8-10-17)14-4-1-3-12-11-16-7-5-13(12)14/h1,3-5,7,11,15H,2,6,8-10H2. The second-order valence-corrected chi connectivity index (χ2v) is 6.09. The Kier molecular flexibility index (Phi) is 3.98. The van der Waals surface area contributed by atoms with E-state index < -0.39 is 11.4 Å². The van der Waals surface area contributed by atoms with E-state index in [1.807, 2.05) is 30.5 Å². The summed E-state index contributed by atoms with van der Waals surface area (Å²) in [6.07, 6.45) is 4.62. The summed E-state index contributed by atoms with van der Waals surface area (Å²) < 4.78 is 14.8. The fourth-order valence-electron chi connectivity index (χ4n) is 2.37. The first-order valence-electron chi connectivity index (χ1n) is 6.56. The molecule has 1 aromatic heterocycles. The lowest BCUT2D eigenvalue weighted by molar-refractivity contribution is 0.432. The highest BCUT2D eigenvalue weighted by Gasteiger charge is 2.24. The van der Waals surface area contributed by atoms with Gasteiger partial charge in [-0.2, -0.15) is 0 Å². The first-order valence-corrected chi connectivity index (χ1v) is 7.67. The number of rotatable bonds is 2. The molecule has 0 saturated carbocycles. The third-order valence-electron chi connectivity index (χ3n) is 3.36. The van der Waals surface area contributed by atoms with E-state index in [-0.39, 0.29) is 0 Å². The molecule has 100 valence electrons. The maximum atomic E-state index is 12.8. The van der Waals surface area contributed by atoms with Crippen LogP contribution in [0.4, 0.5) is 0 Å². The summed E-state index contributed by atoms with van der Waals surface area (Å²) >= 11 is -1.09. The van der Waals surface area contributed by atoms with Crippen LogP contribution in [0, 0.1) is 0 Å². The molecule has 19 heavy (non-hydrogen) atoms. The Labute approximate surface area is 116 Å². The Morgan fingerprint density at radius 1 is 1.21 bits per heavy atom. The molecule has 5 heteroatoms. The van der Waals surface area contributed by atoms with E-state index in [1.54, 1.807) is 6.20 Å². The summed E-state index contributed by atoms with van der Waals surface area (Å²) in [6.45, 7) is 3.61. The molecule has 1 atom stereocenters. The van der Waals surface area contributed by atoms with Gasteiger partial charge in [0, 0.05) is 36.3 Å². The minimum Gasteiger partial charge on any atom is -0.593 e. The van der Waals surface area contributed by atoms with Crippen LogP contribution in [-0.4, -0.2) is 40.0 Å². The van der Waals surface area contributed by atoms with Gasteiger partial charge in [0.25, 0.3) is 0 Å². The number of hydrogen-bond acceptors (Lipinski definition) is 4. The molecule has 0 bridgehead atoms. The molecule has 1 aromatic carbocycles. The van der Waals surface area contributed by atoms with Gasteiger partial charge in [-0.1, -0.05) is 12.1 Å². The Morgan fingerprint density at radius 3 is 3.11 bits per heavy atom. The Balaban J connectivity index is 1.94. The topological polar surface area (TPSA) is 51.2 Å². The molecule has 0 spiro atoms. The van der Waals surface area contributed by atoms with Crippen LogP contribution in [0.25, 0.3) is 10.8 Å². The van der Waals surface area contributed by atoms with Gasteiger partial charge in [0.2, 0.25) is 0 Å². The molecule has 0 radical (unpaired) electrons. The maximum absolute atomic E-state index is 12.8. The van der Waals surface area contributed by atoms with Gasteiger partial charge in [-0.15, -0.1) is 4.31 Å². The van der Waals surface area contributed by atoms with Crippen molar-refractivity contribution in [2.75, 3.05) is 26.2 Å². The first-order chi connectivity index (χ1) is 9.36. The highest BCUT2D eigenvalue weighted by molar-refractivity contribution is 7.89. The zero-order chi connectivity index (χ0) is 13.1. The largest absolute Gasteiger partial charge is 0.593 e. The van der Waals surface area contributed by atoms with Crippen molar-refractivity contribution in [1.29, 1.82) is 0 Å². The molecule has 1 saturated heterocycles. The fraction of sp³-hybridized carbons (Fsp3) is 0.357. The summed E-state index contributed by atoms with van der Waals surface area (Å²) in [5.41, 5.74) is 0. The van der Waals surface area contributed by atoms with Crippen molar-refractivity contribution in [3.63, 3.8) is 0 Å². The van der Waals surface area contributed by atoms with Gasteiger partial charge in [-0.05, 0) is 25.1 Å². The molecular formula is C14H17N3OS. The van der Waals surface area contributed by atoms with Gasteiger partial charge in [0.15, 0.2) is 4.90 Å². The van der Waals surface area contributed by atoms with Gasteiger partial charge in [-0.3, -0.25) is 4.98 Å². The normalized spacial score (nSPS) is 19.2. The number of benzene rings is 1. The lowest BCUT2D eigenvalue weighted by Crippen LogP contribution is -2.34. The number of aromatic nitrogens is 1. The number of nitrogens with one attached hydrogen (secondary N) is 1. The van der Waals surface area contributed by atoms with Crippen molar-refractivity contribution in [2.45, 2.75) is 11.3 Å². The van der Waals surface area contributed by atoms with E-state index in [0.717, 1.165) is 48.3 Å². The second kappa shape index (κ2) is 5.88. The van der Waals surface area contributed by atoms with Crippen molar-refractivity contribution in [3.05, 3.63) is 36.7 Å². The molecule has 0 aliphatic carbocycles. The number of hydrogen-bond donors (Lipinski definition) is 1. The van der Waals surface area contributed by atoms with Crippen LogP contribution in [0.2, 0.25) is 0 Å². The van der Waals surface area contributed by atoms with Crippen molar-refractivity contribution in [1.82, 2.24) is 14.6 Å². The quantitative estimate of drug-likeness (QED) is 0.845. The second-order valence-electron chi connectivity index (χ2n) is 4.63. The third-order valence-corrected chi connectivity index (χ3v) is 4.93. The van der Waals surface area contributed by atoms with E-state index in [0.29, 0.717) is 0 Å². The number of fused-ring (bicyclic) bond motifs is 1. The van der Waals surface area contributed by atoms with Crippen LogP contribution >= 0.6 is 0 Å². The van der Waals surface area contributed by atoms with Gasteiger partial charge >= 0.3 is 0 Å². The number of pyridine rings is 1. The minimum atomic E-state index is -1.09. The Bertz CT molecular complexity index is 550. The molecule has 0 amide bonds. The monoisotopic (exact) mass is 275 g/mol. The summed E-state index contributed by atoms with van der Waals surface area (Å²) in [5.74, 6) is 0. The lowest BCUT2D eigenvalue weighted by atomic mass is 10.2. The van der Waals surface area contributed by atoms with Crippen molar-refractivity contribution >= 4 is 22.1 Å². The summed E-state index contributed by atoms with van der Waals surface area (Å²) in [6, 6.07) is 7.86. The van der Waals surface area contributed by atoms with Crippen LogP contribution in [0.15, 0.2) is 41.6 Å². The molecule has 1 aliphatic rings. The Morgan fingerprint density at radius 2 is 2.16 bits per heavy atom. The van der Waals surface area contributed by atoms with Crippen LogP contribution in [-0.2, 0) is 11.4 Å². The minimum absolute atomic E-state index is 0.827. The SMILES string of the molecule is [O-][S+](c1cccc2cnccc12)N1CCCNCC1. The number of nitrogens with zero attached hydrogens (tertiary/aromatic N) is 2. The zero-order valence-corrected chi connectivity index (χ0v) is 11.5. The summed E-state index contributed by atoms with van der Waals surface area (Å²) in [4.78, 5) is 5.01. The highest BCUT2D eigenvalue weighted by atomic mass is 32.2. The summed E-state index contributed by atoms with van der Waals surface area (Å²) in [7, 11) is 0. The van der Waals surface area contributed by atoms with E-state index >= 15 is 0 Å². The predicted molar refractivity (Wildman–Crippen MR) is 77.2 cm³/mol. The lowest BCUT2D eigenvalue weighted by Gasteiger charge is -2.22. The van der Waals surface area contributed by atoms with Crippen molar-refractivity contribution in [2.24, 2.45) is 0 Å². The van der Waals surface area contributed by atoms with Crippen molar-refractivity contribution in [3.8, 4) is 0 Å². The van der Waals surface area contributed by atoms with E-state index in [4.69, 9.17) is 0 Å². The third kappa shape index (κ3) is 2.74. The van der Waals surface area contributed by atoms with Crippen LogP contribution in [0.1, 0.15) is 6.42 Å². The zero-order valence-electron chi connectivity index (χ0n) is 10.7. The average molecular weight is 275 g/mol. The Hall–Kier alpha value is -1.14.